The van der Waals surface area contributed by atoms with Crippen LogP contribution in [0.4, 0.5) is 10.8 Å². The summed E-state index contributed by atoms with van der Waals surface area (Å²) < 4.78 is 0. The molecule has 2 aromatic rings. The van der Waals surface area contributed by atoms with E-state index in [1.165, 1.54) is 23.1 Å². The third kappa shape index (κ3) is 4.73. The molecule has 7 nitrogen and oxygen atoms in total. The third-order valence-electron chi connectivity index (χ3n) is 4.93. The predicted octanol–water partition coefficient (Wildman–Crippen LogP) is 3.48. The van der Waals surface area contributed by atoms with Crippen LogP contribution in [-0.4, -0.2) is 45.9 Å². The van der Waals surface area contributed by atoms with E-state index in [1.54, 1.807) is 28.6 Å². The first kappa shape index (κ1) is 20.2. The van der Waals surface area contributed by atoms with Gasteiger partial charge in [0.2, 0.25) is 17.7 Å². The van der Waals surface area contributed by atoms with Crippen molar-refractivity contribution in [3.8, 4) is 0 Å². The van der Waals surface area contributed by atoms with E-state index >= 15 is 0 Å². The van der Waals surface area contributed by atoms with Gasteiger partial charge < -0.3 is 15.5 Å². The Morgan fingerprint density at radius 3 is 3.03 bits per heavy atom. The summed E-state index contributed by atoms with van der Waals surface area (Å²) in [6, 6.07) is 5.31. The lowest BCUT2D eigenvalue weighted by Crippen LogP contribution is -2.45. The Bertz CT molecular complexity index is 938. The number of aromatic nitrogens is 1. The molecule has 152 valence electrons. The number of amides is 3. The van der Waals surface area contributed by atoms with E-state index in [4.69, 9.17) is 11.6 Å². The van der Waals surface area contributed by atoms with Gasteiger partial charge in [-0.2, -0.15) is 0 Å². The van der Waals surface area contributed by atoms with E-state index in [9.17, 15) is 14.4 Å². The van der Waals surface area contributed by atoms with Gasteiger partial charge in [-0.25, -0.2) is 4.98 Å². The summed E-state index contributed by atoms with van der Waals surface area (Å²) in [6.07, 6.45) is 3.22. The van der Waals surface area contributed by atoms with Gasteiger partial charge in [-0.05, 0) is 31.0 Å². The highest BCUT2D eigenvalue weighted by Crippen LogP contribution is 2.38. The number of nitrogens with zero attached hydrogens (tertiary/aromatic N) is 2. The summed E-state index contributed by atoms with van der Waals surface area (Å²) in [5.74, 6) is -0.699. The van der Waals surface area contributed by atoms with Crippen LogP contribution in [0, 0.1) is 5.92 Å². The zero-order chi connectivity index (χ0) is 20.4. The molecule has 2 N–H and O–H groups in total. The summed E-state index contributed by atoms with van der Waals surface area (Å²) in [5.41, 5.74) is 0.674. The fourth-order valence-corrected chi connectivity index (χ4v) is 5.24. The van der Waals surface area contributed by atoms with Gasteiger partial charge in [-0.1, -0.05) is 11.6 Å². The number of hydrogen-bond acceptors (Lipinski definition) is 6. The van der Waals surface area contributed by atoms with Crippen LogP contribution in [0.15, 0.2) is 34.7 Å². The van der Waals surface area contributed by atoms with Crippen LogP contribution in [0.25, 0.3) is 0 Å². The number of benzene rings is 1. The maximum absolute atomic E-state index is 12.8. The fraction of sp³-hybridized carbons (Fsp3) is 0.368. The van der Waals surface area contributed by atoms with Crippen LogP contribution in [0.1, 0.15) is 19.3 Å². The second-order valence-electron chi connectivity index (χ2n) is 6.95. The molecule has 1 saturated heterocycles. The molecule has 2 aliphatic rings. The molecule has 3 amide bonds. The molecule has 0 aliphatic carbocycles. The topological polar surface area (TPSA) is 91.4 Å². The quantitative estimate of drug-likeness (QED) is 0.744. The second-order valence-corrected chi connectivity index (χ2v) is 9.52. The number of nitrogens with one attached hydrogen (secondary N) is 2. The molecule has 0 spiro atoms. The highest BCUT2D eigenvalue weighted by atomic mass is 35.5. The Hall–Kier alpha value is -2.10. The SMILES string of the molecule is O=C(Nc1nccs1)C1CCCN(C(=O)CC2Sc3ccc(Cl)cc3NC2=O)C1. The number of carbonyl (C=O) groups is 3. The van der Waals surface area contributed by atoms with Crippen molar-refractivity contribution in [1.29, 1.82) is 0 Å². The van der Waals surface area contributed by atoms with Gasteiger partial charge in [0, 0.05) is 41.0 Å². The van der Waals surface area contributed by atoms with Crippen LogP contribution in [0.3, 0.4) is 0 Å². The molecule has 10 heteroatoms. The van der Waals surface area contributed by atoms with Gasteiger partial charge in [-0.15, -0.1) is 23.1 Å². The standard InChI is InChI=1S/C19H19ClN4O3S2/c20-12-3-4-14-13(8-12)22-18(27)15(29-14)9-16(25)24-6-1-2-11(10-24)17(26)23-19-21-5-7-28-19/h3-5,7-8,11,15H,1-2,6,9-10H2,(H,22,27)(H,21,23,26). The lowest BCUT2D eigenvalue weighted by molar-refractivity contribution is -0.135. The predicted molar refractivity (Wildman–Crippen MR) is 114 cm³/mol. The van der Waals surface area contributed by atoms with Crippen molar-refractivity contribution in [3.63, 3.8) is 0 Å². The molecular formula is C19H19ClN4O3S2. The van der Waals surface area contributed by atoms with E-state index in [0.717, 1.165) is 17.7 Å². The Labute approximate surface area is 181 Å². The number of thiazole rings is 1. The number of hydrogen-bond donors (Lipinski definition) is 2. The molecule has 2 atom stereocenters. The summed E-state index contributed by atoms with van der Waals surface area (Å²) in [5, 5.41) is 8.04. The molecular weight excluding hydrogens is 432 g/mol. The summed E-state index contributed by atoms with van der Waals surface area (Å²) in [4.78, 5) is 44.4. The average Bonchev–Trinajstić information content (AvgIpc) is 3.22. The van der Waals surface area contributed by atoms with E-state index in [1.807, 2.05) is 6.07 Å². The van der Waals surface area contributed by atoms with Crippen LogP contribution >= 0.6 is 34.7 Å². The number of anilines is 2. The first-order valence-corrected chi connectivity index (χ1v) is 11.4. The first-order chi connectivity index (χ1) is 14.0. The van der Waals surface area contributed by atoms with Crippen molar-refractivity contribution in [2.24, 2.45) is 5.92 Å². The van der Waals surface area contributed by atoms with Gasteiger partial charge in [-0.3, -0.25) is 14.4 Å². The second kappa shape index (κ2) is 8.73. The Balaban J connectivity index is 1.36. The van der Waals surface area contributed by atoms with Crippen molar-refractivity contribution in [2.45, 2.75) is 29.4 Å². The van der Waals surface area contributed by atoms with Crippen molar-refractivity contribution in [2.75, 3.05) is 23.7 Å². The molecule has 0 saturated carbocycles. The molecule has 3 heterocycles. The lowest BCUT2D eigenvalue weighted by Gasteiger charge is -2.33. The molecule has 1 aromatic carbocycles. The summed E-state index contributed by atoms with van der Waals surface area (Å²) in [6.45, 7) is 0.965. The fourth-order valence-electron chi connectivity index (χ4n) is 3.46. The number of fused-ring (bicyclic) bond motifs is 1. The van der Waals surface area contributed by atoms with E-state index in [-0.39, 0.29) is 30.1 Å². The van der Waals surface area contributed by atoms with Crippen molar-refractivity contribution >= 4 is 63.2 Å². The molecule has 29 heavy (non-hydrogen) atoms. The zero-order valence-electron chi connectivity index (χ0n) is 15.4. The summed E-state index contributed by atoms with van der Waals surface area (Å²) in [7, 11) is 0. The Kier molecular flexibility index (Phi) is 6.07. The van der Waals surface area contributed by atoms with E-state index in [2.05, 4.69) is 15.6 Å². The van der Waals surface area contributed by atoms with E-state index < -0.39 is 5.25 Å². The highest BCUT2D eigenvalue weighted by molar-refractivity contribution is 8.01. The molecule has 4 rings (SSSR count). The van der Waals surface area contributed by atoms with Gasteiger partial charge in [0.05, 0.1) is 16.9 Å². The minimum atomic E-state index is -0.499. The number of rotatable bonds is 4. The van der Waals surface area contributed by atoms with Crippen molar-refractivity contribution in [1.82, 2.24) is 9.88 Å². The van der Waals surface area contributed by atoms with Crippen LogP contribution in [0.5, 0.6) is 0 Å². The van der Waals surface area contributed by atoms with Crippen LogP contribution in [0.2, 0.25) is 5.02 Å². The highest BCUT2D eigenvalue weighted by Gasteiger charge is 2.33. The van der Waals surface area contributed by atoms with Gasteiger partial charge in [0.25, 0.3) is 0 Å². The first-order valence-electron chi connectivity index (χ1n) is 9.25. The molecule has 1 aromatic heterocycles. The molecule has 2 aliphatic heterocycles. The van der Waals surface area contributed by atoms with Crippen LogP contribution < -0.4 is 10.6 Å². The molecule has 0 bridgehead atoms. The zero-order valence-corrected chi connectivity index (χ0v) is 17.8. The number of likely N-dealkylation sites (tertiary alicyclic amines) is 1. The monoisotopic (exact) mass is 450 g/mol. The normalized spacial score (nSPS) is 21.3. The maximum Gasteiger partial charge on any atom is 0.238 e. The number of piperidine rings is 1. The largest absolute Gasteiger partial charge is 0.342 e. The lowest BCUT2D eigenvalue weighted by atomic mass is 9.97. The van der Waals surface area contributed by atoms with Crippen molar-refractivity contribution in [3.05, 3.63) is 34.8 Å². The Morgan fingerprint density at radius 1 is 1.38 bits per heavy atom. The van der Waals surface area contributed by atoms with Gasteiger partial charge >= 0.3 is 0 Å². The average molecular weight is 451 g/mol. The number of thioether (sulfide) groups is 1. The molecule has 1 fully saturated rings. The Morgan fingerprint density at radius 2 is 2.24 bits per heavy atom. The maximum atomic E-state index is 12.8. The van der Waals surface area contributed by atoms with Gasteiger partial charge in [0.15, 0.2) is 5.13 Å². The summed E-state index contributed by atoms with van der Waals surface area (Å²) >= 11 is 8.71. The van der Waals surface area contributed by atoms with Crippen molar-refractivity contribution < 1.29 is 14.4 Å². The number of carbonyl (C=O) groups excluding carboxylic acids is 3. The smallest absolute Gasteiger partial charge is 0.238 e. The van der Waals surface area contributed by atoms with Crippen LogP contribution in [-0.2, 0) is 14.4 Å². The minimum absolute atomic E-state index is 0.0966. The number of halogens is 1. The van der Waals surface area contributed by atoms with E-state index in [0.29, 0.717) is 28.9 Å². The third-order valence-corrected chi connectivity index (χ3v) is 7.13. The molecule has 2 unspecified atom stereocenters. The molecule has 0 radical (unpaired) electrons. The minimum Gasteiger partial charge on any atom is -0.342 e. The van der Waals surface area contributed by atoms with Gasteiger partial charge in [0.1, 0.15) is 0 Å².